The molecule has 3 N–H and O–H groups in total. The zero-order valence-electron chi connectivity index (χ0n) is 17.1. The zero-order chi connectivity index (χ0) is 18.9. The lowest BCUT2D eigenvalue weighted by molar-refractivity contribution is -0.128. The Morgan fingerprint density at radius 1 is 1.16 bits per heavy atom. The van der Waals surface area contributed by atoms with Crippen molar-refractivity contribution in [3.05, 3.63) is 0 Å². The monoisotopic (exact) mass is 353 g/mol. The van der Waals surface area contributed by atoms with E-state index in [1.807, 2.05) is 20.8 Å². The number of hydrogen-bond donors (Lipinski definition) is 3. The summed E-state index contributed by atoms with van der Waals surface area (Å²) in [6.45, 7) is 17.8. The lowest BCUT2D eigenvalue weighted by Gasteiger charge is -2.34. The summed E-state index contributed by atoms with van der Waals surface area (Å²) < 4.78 is 0. The summed E-state index contributed by atoms with van der Waals surface area (Å²) in [5, 5.41) is 9.75. The number of carbonyl (C=O) groups excluding carboxylic acids is 1. The highest BCUT2D eigenvalue weighted by Crippen LogP contribution is 2.16. The Morgan fingerprint density at radius 3 is 2.28 bits per heavy atom. The largest absolute Gasteiger partial charge is 0.357 e. The number of piperidine rings is 1. The Bertz CT molecular complexity index is 426. The van der Waals surface area contributed by atoms with Crippen LogP contribution in [0.5, 0.6) is 0 Å². The summed E-state index contributed by atoms with van der Waals surface area (Å²) >= 11 is 0. The Hall–Kier alpha value is -1.30. The van der Waals surface area contributed by atoms with E-state index in [0.717, 1.165) is 44.4 Å². The average molecular weight is 354 g/mol. The summed E-state index contributed by atoms with van der Waals surface area (Å²) in [5.74, 6) is 1.60. The van der Waals surface area contributed by atoms with Gasteiger partial charge in [0.1, 0.15) is 0 Å². The second-order valence-corrected chi connectivity index (χ2v) is 8.05. The fourth-order valence-corrected chi connectivity index (χ4v) is 3.04. The minimum absolute atomic E-state index is 0.0524. The first-order valence-electron chi connectivity index (χ1n) is 9.84. The quantitative estimate of drug-likeness (QED) is 0.460. The van der Waals surface area contributed by atoms with E-state index in [1.54, 1.807) is 0 Å². The van der Waals surface area contributed by atoms with Gasteiger partial charge in [-0.25, -0.2) is 0 Å². The van der Waals surface area contributed by atoms with E-state index in [4.69, 9.17) is 0 Å². The van der Waals surface area contributed by atoms with Gasteiger partial charge in [0, 0.05) is 38.8 Å². The lowest BCUT2D eigenvalue weighted by atomic mass is 9.92. The molecule has 0 aliphatic carbocycles. The summed E-state index contributed by atoms with van der Waals surface area (Å²) in [6, 6.07) is 0.453. The van der Waals surface area contributed by atoms with Gasteiger partial charge < -0.3 is 20.9 Å². The predicted molar refractivity (Wildman–Crippen MR) is 106 cm³/mol. The van der Waals surface area contributed by atoms with Crippen LogP contribution in [0.1, 0.15) is 54.4 Å². The van der Waals surface area contributed by atoms with Crippen molar-refractivity contribution in [1.29, 1.82) is 0 Å². The normalized spacial score (nSPS) is 17.6. The molecule has 0 saturated carbocycles. The molecule has 6 heteroatoms. The van der Waals surface area contributed by atoms with Gasteiger partial charge in [0.05, 0.1) is 12.0 Å². The van der Waals surface area contributed by atoms with Crippen LogP contribution in [-0.2, 0) is 4.79 Å². The van der Waals surface area contributed by atoms with Gasteiger partial charge in [-0.2, -0.15) is 0 Å². The van der Waals surface area contributed by atoms with Crippen molar-refractivity contribution < 1.29 is 4.79 Å². The smallest absolute Gasteiger partial charge is 0.227 e. The highest BCUT2D eigenvalue weighted by atomic mass is 16.2. The number of guanidine groups is 1. The number of rotatable bonds is 8. The van der Waals surface area contributed by atoms with Crippen molar-refractivity contribution in [2.45, 2.75) is 60.4 Å². The fourth-order valence-electron chi connectivity index (χ4n) is 3.04. The fraction of sp³-hybridized carbons (Fsp3) is 0.895. The van der Waals surface area contributed by atoms with Crippen molar-refractivity contribution in [2.24, 2.45) is 16.3 Å². The molecule has 1 aliphatic rings. The van der Waals surface area contributed by atoms with Crippen LogP contribution in [0.15, 0.2) is 4.99 Å². The number of carbonyl (C=O) groups is 1. The molecule has 0 radical (unpaired) electrons. The van der Waals surface area contributed by atoms with Gasteiger partial charge in [0.15, 0.2) is 5.96 Å². The summed E-state index contributed by atoms with van der Waals surface area (Å²) in [6.07, 6.45) is 2.27. The van der Waals surface area contributed by atoms with Crippen LogP contribution in [-0.4, -0.2) is 62.1 Å². The SMILES string of the molecule is CCNC(=O)C(C)(C)CN=C(NCC)NC1CCN(CC(C)C)CC1. The number of nitrogens with zero attached hydrogens (tertiary/aromatic N) is 2. The zero-order valence-corrected chi connectivity index (χ0v) is 17.1. The summed E-state index contributed by atoms with van der Waals surface area (Å²) in [7, 11) is 0. The molecule has 6 nitrogen and oxygen atoms in total. The van der Waals surface area contributed by atoms with E-state index in [1.165, 1.54) is 6.54 Å². The molecule has 25 heavy (non-hydrogen) atoms. The molecule has 0 unspecified atom stereocenters. The van der Waals surface area contributed by atoms with E-state index < -0.39 is 5.41 Å². The molecule has 0 aromatic heterocycles. The topological polar surface area (TPSA) is 68.8 Å². The van der Waals surface area contributed by atoms with Gasteiger partial charge in [-0.05, 0) is 46.5 Å². The Morgan fingerprint density at radius 2 is 1.76 bits per heavy atom. The van der Waals surface area contributed by atoms with Crippen LogP contribution in [0.3, 0.4) is 0 Å². The molecule has 0 bridgehead atoms. The molecule has 1 amide bonds. The van der Waals surface area contributed by atoms with Gasteiger partial charge in [0.25, 0.3) is 0 Å². The molecular weight excluding hydrogens is 314 g/mol. The van der Waals surface area contributed by atoms with Crippen molar-refractivity contribution in [1.82, 2.24) is 20.9 Å². The number of hydrogen-bond acceptors (Lipinski definition) is 3. The van der Waals surface area contributed by atoms with Crippen LogP contribution >= 0.6 is 0 Å². The van der Waals surface area contributed by atoms with Crippen molar-refractivity contribution >= 4 is 11.9 Å². The van der Waals surface area contributed by atoms with Crippen molar-refractivity contribution in [3.8, 4) is 0 Å². The maximum Gasteiger partial charge on any atom is 0.227 e. The molecule has 146 valence electrons. The average Bonchev–Trinajstić information content (AvgIpc) is 2.54. The number of likely N-dealkylation sites (tertiary alicyclic amines) is 1. The van der Waals surface area contributed by atoms with E-state index in [-0.39, 0.29) is 5.91 Å². The maximum absolute atomic E-state index is 12.1. The van der Waals surface area contributed by atoms with Gasteiger partial charge >= 0.3 is 0 Å². The highest BCUT2D eigenvalue weighted by molar-refractivity contribution is 5.83. The molecule has 1 aliphatic heterocycles. The van der Waals surface area contributed by atoms with Crippen molar-refractivity contribution in [3.63, 3.8) is 0 Å². The molecule has 1 saturated heterocycles. The van der Waals surface area contributed by atoms with Crippen LogP contribution in [0, 0.1) is 11.3 Å². The van der Waals surface area contributed by atoms with Crippen LogP contribution in [0.4, 0.5) is 0 Å². The minimum atomic E-state index is -0.501. The third-order valence-electron chi connectivity index (χ3n) is 4.48. The first-order chi connectivity index (χ1) is 11.8. The molecule has 0 aromatic carbocycles. The van der Waals surface area contributed by atoms with Crippen LogP contribution < -0.4 is 16.0 Å². The minimum Gasteiger partial charge on any atom is -0.357 e. The summed E-state index contributed by atoms with van der Waals surface area (Å²) in [5.41, 5.74) is -0.501. The molecule has 0 atom stereocenters. The highest BCUT2D eigenvalue weighted by Gasteiger charge is 2.27. The van der Waals surface area contributed by atoms with Gasteiger partial charge in [-0.3, -0.25) is 9.79 Å². The third kappa shape index (κ3) is 8.08. The third-order valence-corrected chi connectivity index (χ3v) is 4.48. The molecular formula is C19H39N5O. The standard InChI is InChI=1S/C19H39N5O/c1-7-20-17(25)19(5,6)14-22-18(21-8-2)23-16-9-11-24(12-10-16)13-15(3)4/h15-16H,7-14H2,1-6H3,(H,20,25)(H2,21,22,23). The number of aliphatic imine (C=N–C) groups is 1. The summed E-state index contributed by atoms with van der Waals surface area (Å²) in [4.78, 5) is 19.3. The molecule has 1 heterocycles. The lowest BCUT2D eigenvalue weighted by Crippen LogP contribution is -2.49. The number of nitrogens with one attached hydrogen (secondary N) is 3. The Balaban J connectivity index is 2.55. The van der Waals surface area contributed by atoms with E-state index in [2.05, 4.69) is 46.6 Å². The van der Waals surface area contributed by atoms with Crippen molar-refractivity contribution in [2.75, 3.05) is 39.3 Å². The molecule has 1 fully saturated rings. The molecule has 1 rings (SSSR count). The van der Waals surface area contributed by atoms with E-state index >= 15 is 0 Å². The van der Waals surface area contributed by atoms with E-state index in [0.29, 0.717) is 19.1 Å². The first kappa shape index (κ1) is 21.7. The Kier molecular flexibility index (Phi) is 9.25. The molecule has 0 spiro atoms. The van der Waals surface area contributed by atoms with Gasteiger partial charge in [-0.1, -0.05) is 13.8 Å². The first-order valence-corrected chi connectivity index (χ1v) is 9.84. The predicted octanol–water partition coefficient (Wildman–Crippen LogP) is 1.82. The van der Waals surface area contributed by atoms with E-state index in [9.17, 15) is 4.79 Å². The second-order valence-electron chi connectivity index (χ2n) is 8.05. The second kappa shape index (κ2) is 10.6. The van der Waals surface area contributed by atoms with Gasteiger partial charge in [0.2, 0.25) is 5.91 Å². The van der Waals surface area contributed by atoms with Gasteiger partial charge in [-0.15, -0.1) is 0 Å². The van der Waals surface area contributed by atoms with Crippen LogP contribution in [0.25, 0.3) is 0 Å². The Labute approximate surface area is 154 Å². The van der Waals surface area contributed by atoms with Crippen LogP contribution in [0.2, 0.25) is 0 Å². The maximum atomic E-state index is 12.1. The number of amides is 1. The molecule has 0 aromatic rings.